The molecule has 0 spiro atoms. The van der Waals surface area contributed by atoms with E-state index in [4.69, 9.17) is 4.74 Å². The molecule has 4 rings (SSSR count). The summed E-state index contributed by atoms with van der Waals surface area (Å²) in [5, 5.41) is 0. The van der Waals surface area contributed by atoms with Crippen LogP contribution in [-0.4, -0.2) is 38.5 Å². The van der Waals surface area contributed by atoms with Crippen molar-refractivity contribution < 1.29 is 4.74 Å². The molecule has 0 unspecified atom stereocenters. The van der Waals surface area contributed by atoms with Gasteiger partial charge in [-0.1, -0.05) is 19.9 Å². The lowest BCUT2D eigenvalue weighted by Gasteiger charge is -2.35. The van der Waals surface area contributed by atoms with Crippen molar-refractivity contribution >= 4 is 0 Å². The first-order valence-corrected chi connectivity index (χ1v) is 9.51. The Morgan fingerprint density at radius 2 is 2.04 bits per heavy atom. The quantitative estimate of drug-likeness (QED) is 0.723. The van der Waals surface area contributed by atoms with Gasteiger partial charge in [0.15, 0.2) is 0 Å². The Labute approximate surface area is 160 Å². The van der Waals surface area contributed by atoms with Gasteiger partial charge in [-0.25, -0.2) is 9.97 Å². The molecule has 0 radical (unpaired) electrons. The lowest BCUT2D eigenvalue weighted by molar-refractivity contribution is 0.194. The summed E-state index contributed by atoms with van der Waals surface area (Å²) in [4.78, 5) is 18.2. The molecule has 27 heavy (non-hydrogen) atoms. The number of H-pyrrole nitrogens is 2. The van der Waals surface area contributed by atoms with Gasteiger partial charge in [0.1, 0.15) is 5.75 Å². The lowest BCUT2D eigenvalue weighted by Crippen LogP contribution is -2.36. The number of nitrogens with one attached hydrogen (secondary N) is 2. The zero-order chi connectivity index (χ0) is 19.0. The van der Waals surface area contributed by atoms with E-state index in [2.05, 4.69) is 63.8 Å². The summed E-state index contributed by atoms with van der Waals surface area (Å²) in [6, 6.07) is 6.57. The van der Waals surface area contributed by atoms with E-state index in [9.17, 15) is 0 Å². The second-order valence-electron chi connectivity index (χ2n) is 7.52. The minimum atomic E-state index is 0.0461. The summed E-state index contributed by atoms with van der Waals surface area (Å²) < 4.78 is 5.75. The number of methoxy groups -OCH3 is 1. The molecular formula is C21H27N5O. The number of aryl methyl sites for hydroxylation is 1. The normalized spacial score (nSPS) is 17.3. The van der Waals surface area contributed by atoms with Crippen molar-refractivity contribution in [3.63, 3.8) is 0 Å². The van der Waals surface area contributed by atoms with E-state index < -0.39 is 0 Å². The predicted octanol–water partition coefficient (Wildman–Crippen LogP) is 3.72. The van der Waals surface area contributed by atoms with Gasteiger partial charge in [-0.3, -0.25) is 4.90 Å². The highest BCUT2D eigenvalue weighted by molar-refractivity contribution is 5.45. The van der Waals surface area contributed by atoms with E-state index in [-0.39, 0.29) is 6.04 Å². The van der Waals surface area contributed by atoms with Gasteiger partial charge in [0, 0.05) is 36.5 Å². The smallest absolute Gasteiger partial charge is 0.124 e. The molecule has 0 aliphatic carbocycles. The Bertz CT molecular complexity index is 926. The summed E-state index contributed by atoms with van der Waals surface area (Å²) >= 11 is 0. The standard InChI is InChI=1S/C21H27N5O/c1-13(2)15-5-6-19(27-4)16(9-15)21-20-17(23-12-25-20)7-8-26(21)10-18-14(3)22-11-24-18/h5-6,9,11-13,21H,7-8,10H2,1-4H3,(H,22,24)(H,23,25)/t21-/m1/s1. The Morgan fingerprint density at radius 1 is 1.22 bits per heavy atom. The third-order valence-corrected chi connectivity index (χ3v) is 5.53. The molecule has 0 amide bonds. The maximum absolute atomic E-state index is 5.75. The molecule has 0 bridgehead atoms. The monoisotopic (exact) mass is 365 g/mol. The molecule has 3 heterocycles. The van der Waals surface area contributed by atoms with Gasteiger partial charge >= 0.3 is 0 Å². The summed E-state index contributed by atoms with van der Waals surface area (Å²) in [7, 11) is 1.74. The van der Waals surface area contributed by atoms with Gasteiger partial charge in [0.25, 0.3) is 0 Å². The highest BCUT2D eigenvalue weighted by atomic mass is 16.5. The first kappa shape index (κ1) is 17.8. The predicted molar refractivity (Wildman–Crippen MR) is 105 cm³/mol. The fraction of sp³-hybridized carbons (Fsp3) is 0.429. The number of rotatable bonds is 5. The van der Waals surface area contributed by atoms with Crippen LogP contribution in [-0.2, 0) is 13.0 Å². The van der Waals surface area contributed by atoms with Crippen molar-refractivity contribution in [1.82, 2.24) is 24.8 Å². The molecule has 1 aromatic carbocycles. The zero-order valence-corrected chi connectivity index (χ0v) is 16.4. The molecule has 6 nitrogen and oxygen atoms in total. The van der Waals surface area contributed by atoms with Crippen molar-refractivity contribution in [1.29, 1.82) is 0 Å². The van der Waals surface area contributed by atoms with E-state index >= 15 is 0 Å². The molecule has 6 heteroatoms. The molecule has 0 fully saturated rings. The van der Waals surface area contributed by atoms with Crippen molar-refractivity contribution in [3.8, 4) is 5.75 Å². The lowest BCUT2D eigenvalue weighted by atomic mass is 9.91. The zero-order valence-electron chi connectivity index (χ0n) is 16.4. The van der Waals surface area contributed by atoms with Gasteiger partial charge in [0.05, 0.1) is 37.2 Å². The van der Waals surface area contributed by atoms with Crippen LogP contribution in [0.3, 0.4) is 0 Å². The van der Waals surface area contributed by atoms with E-state index in [1.54, 1.807) is 19.8 Å². The summed E-state index contributed by atoms with van der Waals surface area (Å²) in [5.74, 6) is 1.36. The molecule has 1 atom stereocenters. The summed E-state index contributed by atoms with van der Waals surface area (Å²) in [6.07, 6.45) is 4.53. The van der Waals surface area contributed by atoms with Crippen LogP contribution in [0.1, 0.15) is 59.7 Å². The number of benzene rings is 1. The van der Waals surface area contributed by atoms with Crippen LogP contribution in [0.25, 0.3) is 0 Å². The van der Waals surface area contributed by atoms with E-state index in [1.807, 2.05) is 0 Å². The Morgan fingerprint density at radius 3 is 2.74 bits per heavy atom. The van der Waals surface area contributed by atoms with E-state index in [0.29, 0.717) is 5.92 Å². The van der Waals surface area contributed by atoms with Crippen LogP contribution in [0.5, 0.6) is 5.75 Å². The average molecular weight is 365 g/mol. The molecule has 0 saturated carbocycles. The van der Waals surface area contributed by atoms with Crippen molar-refractivity contribution in [2.75, 3.05) is 13.7 Å². The molecular weight excluding hydrogens is 338 g/mol. The van der Waals surface area contributed by atoms with Gasteiger partial charge in [-0.2, -0.15) is 0 Å². The first-order chi connectivity index (χ1) is 13.1. The fourth-order valence-electron chi connectivity index (χ4n) is 3.90. The minimum Gasteiger partial charge on any atom is -0.496 e. The second-order valence-corrected chi connectivity index (χ2v) is 7.52. The Kier molecular flexibility index (Phi) is 4.74. The van der Waals surface area contributed by atoms with Crippen LogP contribution in [0.4, 0.5) is 0 Å². The second kappa shape index (κ2) is 7.19. The van der Waals surface area contributed by atoms with Crippen molar-refractivity contribution in [3.05, 3.63) is 64.8 Å². The number of nitrogens with zero attached hydrogens (tertiary/aromatic N) is 3. The number of aromatic amines is 2. The van der Waals surface area contributed by atoms with Crippen LogP contribution >= 0.6 is 0 Å². The molecule has 1 aliphatic heterocycles. The van der Waals surface area contributed by atoms with Crippen molar-refractivity contribution in [2.45, 2.75) is 45.7 Å². The number of fused-ring (bicyclic) bond motifs is 1. The van der Waals surface area contributed by atoms with Gasteiger partial charge in [-0.15, -0.1) is 0 Å². The summed E-state index contributed by atoms with van der Waals surface area (Å²) in [5.41, 5.74) is 6.98. The molecule has 2 N–H and O–H groups in total. The maximum atomic E-state index is 5.75. The third-order valence-electron chi connectivity index (χ3n) is 5.53. The average Bonchev–Trinajstić information content (AvgIpc) is 3.30. The minimum absolute atomic E-state index is 0.0461. The Balaban J connectivity index is 1.81. The summed E-state index contributed by atoms with van der Waals surface area (Å²) in [6.45, 7) is 8.23. The number of hydrogen-bond acceptors (Lipinski definition) is 4. The number of hydrogen-bond donors (Lipinski definition) is 2. The largest absolute Gasteiger partial charge is 0.496 e. The Hall–Kier alpha value is -2.60. The van der Waals surface area contributed by atoms with Crippen LogP contribution in [0.15, 0.2) is 30.9 Å². The SMILES string of the molecule is COc1ccc(C(C)C)cc1[C@@H]1c2nc[nH]c2CCN1Cc1nc[nH]c1C. The van der Waals surface area contributed by atoms with Crippen LogP contribution < -0.4 is 4.74 Å². The number of ether oxygens (including phenoxy) is 1. The maximum Gasteiger partial charge on any atom is 0.124 e. The van der Waals surface area contributed by atoms with E-state index in [0.717, 1.165) is 42.3 Å². The molecule has 142 valence electrons. The fourth-order valence-corrected chi connectivity index (χ4v) is 3.90. The molecule has 3 aromatic rings. The van der Waals surface area contributed by atoms with Crippen LogP contribution in [0, 0.1) is 6.92 Å². The first-order valence-electron chi connectivity index (χ1n) is 9.51. The number of aromatic nitrogens is 4. The molecule has 0 saturated heterocycles. The highest BCUT2D eigenvalue weighted by Crippen LogP contribution is 2.40. The van der Waals surface area contributed by atoms with Crippen LogP contribution in [0.2, 0.25) is 0 Å². The van der Waals surface area contributed by atoms with Gasteiger partial charge in [0.2, 0.25) is 0 Å². The highest BCUT2D eigenvalue weighted by Gasteiger charge is 2.33. The topological polar surface area (TPSA) is 69.8 Å². The van der Waals surface area contributed by atoms with E-state index in [1.165, 1.54) is 16.8 Å². The van der Waals surface area contributed by atoms with Gasteiger partial charge < -0.3 is 14.7 Å². The molecule has 1 aliphatic rings. The van der Waals surface area contributed by atoms with Crippen molar-refractivity contribution in [2.24, 2.45) is 0 Å². The number of imidazole rings is 2. The molecule has 2 aromatic heterocycles. The third kappa shape index (κ3) is 3.25. The van der Waals surface area contributed by atoms with Gasteiger partial charge in [-0.05, 0) is 30.5 Å².